The fourth-order valence-corrected chi connectivity index (χ4v) is 3.42. The van der Waals surface area contributed by atoms with Crippen LogP contribution in [0, 0.1) is 0 Å². The maximum Gasteiger partial charge on any atom is 0.337 e. The maximum atomic E-state index is 11.5. The van der Waals surface area contributed by atoms with E-state index in [4.69, 9.17) is 0 Å². The Labute approximate surface area is 141 Å². The molecule has 4 rings (SSSR count). The van der Waals surface area contributed by atoms with Gasteiger partial charge in [-0.3, -0.25) is 4.98 Å². The second-order valence-corrected chi connectivity index (χ2v) is 6.29. The van der Waals surface area contributed by atoms with Crippen LogP contribution in [0.1, 0.15) is 16.1 Å². The van der Waals surface area contributed by atoms with Crippen molar-refractivity contribution in [1.29, 1.82) is 0 Å². The van der Waals surface area contributed by atoms with Gasteiger partial charge < -0.3 is 10.1 Å². The number of carboxylic acids is 1. The Morgan fingerprint density at radius 3 is 2.58 bits per heavy atom. The number of hydrogen-bond donors (Lipinski definition) is 2. The van der Waals surface area contributed by atoms with Crippen LogP contribution >= 0.6 is 11.8 Å². The second-order valence-electron chi connectivity index (χ2n) is 5.33. The summed E-state index contributed by atoms with van der Waals surface area (Å²) in [5, 5.41) is 11.0. The Morgan fingerprint density at radius 2 is 1.79 bits per heavy atom. The number of H-pyrrole nitrogens is 1. The summed E-state index contributed by atoms with van der Waals surface area (Å²) in [6.07, 6.45) is 0. The number of benzene rings is 2. The Hall–Kier alpha value is -2.86. The van der Waals surface area contributed by atoms with Gasteiger partial charge in [0.05, 0.1) is 27.8 Å². The summed E-state index contributed by atoms with van der Waals surface area (Å²) in [4.78, 5) is 23.8. The molecule has 2 aromatic heterocycles. The van der Waals surface area contributed by atoms with Gasteiger partial charge in [-0.15, -0.1) is 0 Å². The maximum absolute atomic E-state index is 11.5. The lowest BCUT2D eigenvalue weighted by Crippen LogP contribution is -2.04. The molecule has 6 heteroatoms. The highest BCUT2D eigenvalue weighted by Crippen LogP contribution is 2.25. The normalized spacial score (nSPS) is 11.2. The number of nitrogens with zero attached hydrogens (tertiary/aromatic N) is 2. The summed E-state index contributed by atoms with van der Waals surface area (Å²) >= 11 is 1.45. The minimum absolute atomic E-state index is 0.234. The average molecular weight is 335 g/mol. The number of nitrogens with one attached hydrogen (secondary N) is 1. The van der Waals surface area contributed by atoms with Crippen LogP contribution in [0.2, 0.25) is 0 Å². The second kappa shape index (κ2) is 5.98. The minimum Gasteiger partial charge on any atom is -0.478 e. The average Bonchev–Trinajstić information content (AvgIpc) is 3.02. The quantitative estimate of drug-likeness (QED) is 0.549. The molecule has 0 aliphatic heterocycles. The van der Waals surface area contributed by atoms with Gasteiger partial charge >= 0.3 is 5.97 Å². The number of aromatic amines is 1. The van der Waals surface area contributed by atoms with Crippen molar-refractivity contribution in [3.63, 3.8) is 0 Å². The summed E-state index contributed by atoms with van der Waals surface area (Å²) in [6, 6.07) is 17.0. The first kappa shape index (κ1) is 14.7. The Kier molecular flexibility index (Phi) is 3.66. The minimum atomic E-state index is -0.964. The molecule has 2 N–H and O–H groups in total. The van der Waals surface area contributed by atoms with Crippen LogP contribution in [0.4, 0.5) is 0 Å². The molecule has 0 unspecified atom stereocenters. The summed E-state index contributed by atoms with van der Waals surface area (Å²) in [5.74, 6) is -0.528. The van der Waals surface area contributed by atoms with Crippen LogP contribution in [0.25, 0.3) is 21.9 Å². The molecular formula is C18H13N3O2S. The van der Waals surface area contributed by atoms with Gasteiger partial charge in [-0.05, 0) is 24.3 Å². The molecule has 0 amide bonds. The molecule has 0 fully saturated rings. The number of para-hydroxylation sites is 3. The van der Waals surface area contributed by atoms with E-state index >= 15 is 0 Å². The molecule has 0 bridgehead atoms. The van der Waals surface area contributed by atoms with E-state index < -0.39 is 5.97 Å². The van der Waals surface area contributed by atoms with Crippen molar-refractivity contribution in [3.8, 4) is 0 Å². The van der Waals surface area contributed by atoms with Crippen LogP contribution in [0.15, 0.2) is 59.8 Å². The van der Waals surface area contributed by atoms with Crippen LogP contribution in [0.5, 0.6) is 0 Å². The van der Waals surface area contributed by atoms with Crippen LogP contribution in [-0.2, 0) is 5.75 Å². The standard InChI is InChI=1S/C18H13N3O2S/c22-17(23)12-9-11-5-1-2-6-13(11)19-16(12)10-24-18-20-14-7-3-4-8-15(14)21-18/h1-9H,10H2,(H,20,21)(H,22,23). The molecule has 0 spiro atoms. The molecule has 0 saturated heterocycles. The van der Waals surface area contributed by atoms with Gasteiger partial charge in [0.15, 0.2) is 5.16 Å². The molecule has 0 aliphatic rings. The molecular weight excluding hydrogens is 322 g/mol. The molecule has 2 aromatic carbocycles. The first-order chi connectivity index (χ1) is 11.7. The van der Waals surface area contributed by atoms with Gasteiger partial charge in [0.1, 0.15) is 0 Å². The summed E-state index contributed by atoms with van der Waals surface area (Å²) in [7, 11) is 0. The fourth-order valence-electron chi connectivity index (χ4n) is 2.59. The number of carbonyl (C=O) groups is 1. The number of fused-ring (bicyclic) bond motifs is 2. The van der Waals surface area contributed by atoms with E-state index in [-0.39, 0.29) is 5.56 Å². The first-order valence-electron chi connectivity index (χ1n) is 7.40. The lowest BCUT2D eigenvalue weighted by Gasteiger charge is -2.06. The Bertz CT molecular complexity index is 1030. The van der Waals surface area contributed by atoms with Crippen LogP contribution in [0.3, 0.4) is 0 Å². The number of pyridine rings is 1. The molecule has 5 nitrogen and oxygen atoms in total. The summed E-state index contributed by atoms with van der Waals surface area (Å²) in [6.45, 7) is 0. The van der Waals surface area contributed by atoms with Gasteiger partial charge in [0.25, 0.3) is 0 Å². The summed E-state index contributed by atoms with van der Waals surface area (Å²) in [5.41, 5.74) is 3.43. The van der Waals surface area contributed by atoms with E-state index in [1.165, 1.54) is 11.8 Å². The third-order valence-electron chi connectivity index (χ3n) is 3.75. The highest BCUT2D eigenvalue weighted by Gasteiger charge is 2.14. The molecule has 0 aliphatic carbocycles. The molecule has 4 aromatic rings. The van der Waals surface area contributed by atoms with E-state index in [9.17, 15) is 9.90 Å². The van der Waals surface area contributed by atoms with Gasteiger partial charge in [0.2, 0.25) is 0 Å². The monoisotopic (exact) mass is 335 g/mol. The number of thioether (sulfide) groups is 1. The predicted molar refractivity (Wildman–Crippen MR) is 94.4 cm³/mol. The van der Waals surface area contributed by atoms with Crippen molar-refractivity contribution in [2.45, 2.75) is 10.9 Å². The Balaban J connectivity index is 1.67. The molecule has 0 radical (unpaired) electrons. The largest absolute Gasteiger partial charge is 0.478 e. The zero-order chi connectivity index (χ0) is 16.5. The summed E-state index contributed by atoms with van der Waals surface area (Å²) < 4.78 is 0. The number of rotatable bonds is 4. The molecule has 24 heavy (non-hydrogen) atoms. The van der Waals surface area contributed by atoms with Gasteiger partial charge in [-0.2, -0.15) is 0 Å². The van der Waals surface area contributed by atoms with E-state index in [1.54, 1.807) is 6.07 Å². The Morgan fingerprint density at radius 1 is 1.04 bits per heavy atom. The van der Waals surface area contributed by atoms with Gasteiger partial charge in [0, 0.05) is 11.1 Å². The smallest absolute Gasteiger partial charge is 0.337 e. The fraction of sp³-hybridized carbons (Fsp3) is 0.0556. The van der Waals surface area contributed by atoms with Crippen molar-refractivity contribution in [2.75, 3.05) is 0 Å². The van der Waals surface area contributed by atoms with Crippen LogP contribution < -0.4 is 0 Å². The number of imidazole rings is 1. The lowest BCUT2D eigenvalue weighted by atomic mass is 10.1. The zero-order valence-electron chi connectivity index (χ0n) is 12.6. The number of aromatic nitrogens is 3. The van der Waals surface area contributed by atoms with Crippen molar-refractivity contribution < 1.29 is 9.90 Å². The number of hydrogen-bond acceptors (Lipinski definition) is 4. The zero-order valence-corrected chi connectivity index (χ0v) is 13.4. The van der Waals surface area contributed by atoms with Gasteiger partial charge in [-0.1, -0.05) is 42.1 Å². The topological polar surface area (TPSA) is 78.9 Å². The third kappa shape index (κ3) is 2.72. The van der Waals surface area contributed by atoms with Crippen molar-refractivity contribution in [3.05, 3.63) is 65.9 Å². The lowest BCUT2D eigenvalue weighted by molar-refractivity contribution is 0.0695. The van der Waals surface area contributed by atoms with E-state index in [2.05, 4.69) is 15.0 Å². The van der Waals surface area contributed by atoms with E-state index in [0.717, 1.165) is 27.1 Å². The van der Waals surface area contributed by atoms with Crippen molar-refractivity contribution >= 4 is 39.7 Å². The molecule has 0 saturated carbocycles. The number of carboxylic acid groups (broad SMARTS) is 1. The van der Waals surface area contributed by atoms with E-state index in [1.807, 2.05) is 48.5 Å². The predicted octanol–water partition coefficient (Wildman–Crippen LogP) is 4.10. The van der Waals surface area contributed by atoms with Crippen molar-refractivity contribution in [2.24, 2.45) is 0 Å². The highest BCUT2D eigenvalue weighted by molar-refractivity contribution is 7.98. The molecule has 0 atom stereocenters. The first-order valence-corrected chi connectivity index (χ1v) is 8.39. The molecule has 2 heterocycles. The highest BCUT2D eigenvalue weighted by atomic mass is 32.2. The van der Waals surface area contributed by atoms with Gasteiger partial charge in [-0.25, -0.2) is 9.78 Å². The number of aromatic carboxylic acids is 1. The SMILES string of the molecule is O=C(O)c1cc2ccccc2nc1CSc1nc2ccccc2[nH]1. The molecule has 118 valence electrons. The van der Waals surface area contributed by atoms with Crippen molar-refractivity contribution in [1.82, 2.24) is 15.0 Å². The third-order valence-corrected chi connectivity index (χ3v) is 4.63. The van der Waals surface area contributed by atoms with E-state index in [0.29, 0.717) is 11.4 Å². The van der Waals surface area contributed by atoms with Crippen LogP contribution in [-0.4, -0.2) is 26.0 Å².